The van der Waals surface area contributed by atoms with Gasteiger partial charge in [0.05, 0.1) is 16.4 Å². The minimum Gasteiger partial charge on any atom is -0.380 e. The van der Waals surface area contributed by atoms with Crippen LogP contribution in [0.25, 0.3) is 0 Å². The highest BCUT2D eigenvalue weighted by molar-refractivity contribution is 9.11. The fourth-order valence-corrected chi connectivity index (χ4v) is 3.95. The summed E-state index contributed by atoms with van der Waals surface area (Å²) < 4.78 is 6.87. The van der Waals surface area contributed by atoms with Crippen LogP contribution in [0.1, 0.15) is 30.7 Å². The second-order valence-electron chi connectivity index (χ2n) is 5.44. The molecule has 108 valence electrons. The Morgan fingerprint density at radius 2 is 2.26 bits per heavy atom. The van der Waals surface area contributed by atoms with E-state index in [-0.39, 0.29) is 12.1 Å². The molecule has 3 nitrogen and oxygen atoms in total. The summed E-state index contributed by atoms with van der Waals surface area (Å²) in [7, 11) is 2.13. The maximum Gasteiger partial charge on any atom is 0.0702 e. The molecule has 2 unspecified atom stereocenters. The van der Waals surface area contributed by atoms with Crippen molar-refractivity contribution in [3.8, 4) is 0 Å². The normalized spacial score (nSPS) is 18.8. The molecule has 2 atom stereocenters. The van der Waals surface area contributed by atoms with E-state index >= 15 is 0 Å². The first-order valence-corrected chi connectivity index (χ1v) is 8.47. The van der Waals surface area contributed by atoms with Crippen LogP contribution in [0, 0.1) is 5.92 Å². The Morgan fingerprint density at radius 1 is 1.53 bits per heavy atom. The van der Waals surface area contributed by atoms with Gasteiger partial charge in [0.25, 0.3) is 0 Å². The topological polar surface area (TPSA) is 38.5 Å². The third-order valence-electron chi connectivity index (χ3n) is 3.50. The van der Waals surface area contributed by atoms with Gasteiger partial charge < -0.3 is 10.5 Å². The molecule has 0 aromatic carbocycles. The predicted molar refractivity (Wildman–Crippen MR) is 84.6 cm³/mol. The molecule has 0 saturated heterocycles. The van der Waals surface area contributed by atoms with Crippen molar-refractivity contribution in [1.29, 1.82) is 0 Å². The van der Waals surface area contributed by atoms with E-state index in [2.05, 4.69) is 46.9 Å². The summed E-state index contributed by atoms with van der Waals surface area (Å²) in [5.41, 5.74) is 6.15. The molecule has 1 heterocycles. The third-order valence-corrected chi connectivity index (χ3v) is 5.19. The van der Waals surface area contributed by atoms with Crippen molar-refractivity contribution in [1.82, 2.24) is 4.90 Å². The van der Waals surface area contributed by atoms with Gasteiger partial charge in [0.1, 0.15) is 0 Å². The smallest absolute Gasteiger partial charge is 0.0702 e. The van der Waals surface area contributed by atoms with Crippen LogP contribution in [-0.2, 0) is 4.74 Å². The summed E-state index contributed by atoms with van der Waals surface area (Å²) in [6.07, 6.45) is 2.70. The Labute approximate surface area is 128 Å². The minimum atomic E-state index is 0.110. The lowest BCUT2D eigenvalue weighted by atomic mass is 10.1. The van der Waals surface area contributed by atoms with E-state index in [4.69, 9.17) is 10.5 Å². The zero-order chi connectivity index (χ0) is 13.8. The summed E-state index contributed by atoms with van der Waals surface area (Å²) >= 11 is 5.28. The fraction of sp³-hybridized carbons (Fsp3) is 0.714. The SMILES string of the molecule is CC(N)C(c1ccc(Br)s1)N(C)CCOCC1CC1. The Morgan fingerprint density at radius 3 is 2.79 bits per heavy atom. The highest BCUT2D eigenvalue weighted by Crippen LogP contribution is 2.32. The summed E-state index contributed by atoms with van der Waals surface area (Å²) in [5, 5.41) is 0. The van der Waals surface area contributed by atoms with Gasteiger partial charge in [-0.2, -0.15) is 0 Å². The van der Waals surface area contributed by atoms with E-state index in [1.54, 1.807) is 11.3 Å². The second-order valence-corrected chi connectivity index (χ2v) is 7.94. The van der Waals surface area contributed by atoms with Crippen molar-refractivity contribution in [2.75, 3.05) is 26.8 Å². The molecule has 0 amide bonds. The molecule has 1 fully saturated rings. The third kappa shape index (κ3) is 4.83. The molecule has 2 N–H and O–H groups in total. The molecule has 1 saturated carbocycles. The molecular weight excluding hydrogens is 324 g/mol. The van der Waals surface area contributed by atoms with E-state index in [9.17, 15) is 0 Å². The Kier molecular flexibility index (Phi) is 5.84. The maximum atomic E-state index is 6.15. The van der Waals surface area contributed by atoms with Gasteiger partial charge in [0.2, 0.25) is 0 Å². The van der Waals surface area contributed by atoms with Crippen LogP contribution in [0.3, 0.4) is 0 Å². The maximum absolute atomic E-state index is 6.15. The number of halogens is 1. The number of ether oxygens (including phenoxy) is 1. The van der Waals surface area contributed by atoms with E-state index in [1.165, 1.54) is 17.7 Å². The van der Waals surface area contributed by atoms with Gasteiger partial charge in [-0.3, -0.25) is 4.90 Å². The number of likely N-dealkylation sites (N-methyl/N-ethyl adjacent to an activating group) is 1. The van der Waals surface area contributed by atoms with E-state index in [0.29, 0.717) is 0 Å². The molecule has 0 radical (unpaired) electrons. The molecule has 2 rings (SSSR count). The Balaban J connectivity index is 1.83. The second kappa shape index (κ2) is 7.18. The van der Waals surface area contributed by atoms with Crippen LogP contribution in [0.4, 0.5) is 0 Å². The lowest BCUT2D eigenvalue weighted by Gasteiger charge is -2.30. The number of hydrogen-bond donors (Lipinski definition) is 1. The number of rotatable bonds is 8. The zero-order valence-electron chi connectivity index (χ0n) is 11.6. The summed E-state index contributed by atoms with van der Waals surface area (Å²) in [5.74, 6) is 0.836. The fourth-order valence-electron chi connectivity index (χ4n) is 2.25. The van der Waals surface area contributed by atoms with Gasteiger partial charge in [0, 0.05) is 24.1 Å². The predicted octanol–water partition coefficient (Wildman–Crippen LogP) is 3.26. The highest BCUT2D eigenvalue weighted by atomic mass is 79.9. The van der Waals surface area contributed by atoms with Crippen molar-refractivity contribution in [3.63, 3.8) is 0 Å². The average Bonchev–Trinajstić information content (AvgIpc) is 3.07. The standard InChI is InChI=1S/C14H23BrN2OS/c1-10(16)14(12-5-6-13(15)19-12)17(2)7-8-18-9-11-3-4-11/h5-6,10-11,14H,3-4,7-9,16H2,1-2H3. The minimum absolute atomic E-state index is 0.110. The summed E-state index contributed by atoms with van der Waals surface area (Å²) in [6.45, 7) is 4.72. The monoisotopic (exact) mass is 346 g/mol. The lowest BCUT2D eigenvalue weighted by molar-refractivity contribution is 0.0882. The van der Waals surface area contributed by atoms with Crippen LogP contribution < -0.4 is 5.73 Å². The van der Waals surface area contributed by atoms with Crippen molar-refractivity contribution in [3.05, 3.63) is 20.8 Å². The van der Waals surface area contributed by atoms with Crippen molar-refractivity contribution >= 4 is 27.3 Å². The first-order chi connectivity index (χ1) is 9.08. The van der Waals surface area contributed by atoms with E-state index < -0.39 is 0 Å². The van der Waals surface area contributed by atoms with Gasteiger partial charge in [-0.25, -0.2) is 0 Å². The van der Waals surface area contributed by atoms with Gasteiger partial charge >= 0.3 is 0 Å². The molecule has 1 aliphatic rings. The summed E-state index contributed by atoms with van der Waals surface area (Å²) in [6, 6.07) is 4.62. The first-order valence-electron chi connectivity index (χ1n) is 6.86. The molecule has 0 aliphatic heterocycles. The molecule has 1 aromatic rings. The number of nitrogens with two attached hydrogens (primary N) is 1. The van der Waals surface area contributed by atoms with Gasteiger partial charge in [-0.15, -0.1) is 11.3 Å². The highest BCUT2D eigenvalue weighted by Gasteiger charge is 2.24. The van der Waals surface area contributed by atoms with Crippen LogP contribution in [0.5, 0.6) is 0 Å². The molecule has 0 spiro atoms. The van der Waals surface area contributed by atoms with Crippen LogP contribution in [-0.4, -0.2) is 37.7 Å². The number of hydrogen-bond acceptors (Lipinski definition) is 4. The van der Waals surface area contributed by atoms with Crippen LogP contribution in [0.15, 0.2) is 15.9 Å². The Bertz CT molecular complexity index is 393. The average molecular weight is 347 g/mol. The molecule has 1 aliphatic carbocycles. The van der Waals surface area contributed by atoms with Crippen molar-refractivity contribution in [2.24, 2.45) is 11.7 Å². The van der Waals surface area contributed by atoms with Gasteiger partial charge in [0.15, 0.2) is 0 Å². The van der Waals surface area contributed by atoms with Crippen LogP contribution in [0.2, 0.25) is 0 Å². The summed E-state index contributed by atoms with van der Waals surface area (Å²) in [4.78, 5) is 3.61. The largest absolute Gasteiger partial charge is 0.380 e. The quantitative estimate of drug-likeness (QED) is 0.734. The van der Waals surface area contributed by atoms with Gasteiger partial charge in [-0.1, -0.05) is 0 Å². The molecule has 0 bridgehead atoms. The number of thiophene rings is 1. The molecule has 19 heavy (non-hydrogen) atoms. The first kappa shape index (κ1) is 15.4. The van der Waals surface area contributed by atoms with E-state index in [1.807, 2.05) is 0 Å². The van der Waals surface area contributed by atoms with Crippen molar-refractivity contribution in [2.45, 2.75) is 31.8 Å². The zero-order valence-corrected chi connectivity index (χ0v) is 14.0. The van der Waals surface area contributed by atoms with Gasteiger partial charge in [-0.05, 0) is 60.8 Å². The van der Waals surface area contributed by atoms with Crippen LogP contribution >= 0.6 is 27.3 Å². The number of nitrogens with zero attached hydrogens (tertiary/aromatic N) is 1. The molecular formula is C14H23BrN2OS. The Hall–Kier alpha value is 0.0600. The van der Waals surface area contributed by atoms with Crippen molar-refractivity contribution < 1.29 is 4.74 Å². The van der Waals surface area contributed by atoms with E-state index in [0.717, 1.165) is 29.5 Å². The molecule has 5 heteroatoms. The molecule has 1 aromatic heterocycles. The lowest BCUT2D eigenvalue weighted by Crippen LogP contribution is -2.38.